The molecule has 0 bridgehead atoms. The van der Waals surface area contributed by atoms with Crippen molar-refractivity contribution in [3.8, 4) is 0 Å². The van der Waals surface area contributed by atoms with E-state index in [0.717, 1.165) is 24.5 Å². The number of hydrogen-bond donors (Lipinski definition) is 1. The quantitative estimate of drug-likeness (QED) is 0.835. The van der Waals surface area contributed by atoms with Crippen LogP contribution in [0.15, 0.2) is 6.07 Å². The van der Waals surface area contributed by atoms with Crippen molar-refractivity contribution in [1.29, 1.82) is 0 Å². The van der Waals surface area contributed by atoms with Gasteiger partial charge in [0.1, 0.15) is 5.82 Å². The van der Waals surface area contributed by atoms with Crippen molar-refractivity contribution in [3.05, 3.63) is 11.8 Å². The van der Waals surface area contributed by atoms with E-state index in [1.54, 1.807) is 19.0 Å². The van der Waals surface area contributed by atoms with E-state index in [9.17, 15) is 4.79 Å². The summed E-state index contributed by atoms with van der Waals surface area (Å²) in [5, 5.41) is 3.16. The Balaban J connectivity index is 2.81. The topological polar surface area (TPSA) is 61.4 Å². The lowest BCUT2D eigenvalue weighted by Crippen LogP contribution is -2.34. The summed E-state index contributed by atoms with van der Waals surface area (Å²) in [4.78, 5) is 23.8. The molecule has 1 aromatic heterocycles. The van der Waals surface area contributed by atoms with Crippen LogP contribution in [0.4, 0.5) is 11.8 Å². The van der Waals surface area contributed by atoms with Gasteiger partial charge in [-0.2, -0.15) is 4.98 Å². The first-order valence-electron chi connectivity index (χ1n) is 6.45. The lowest BCUT2D eigenvalue weighted by atomic mass is 10.4. The van der Waals surface area contributed by atoms with Crippen LogP contribution in [0.2, 0.25) is 0 Å². The average molecular weight is 265 g/mol. The highest BCUT2D eigenvalue weighted by atomic mass is 16.2. The van der Waals surface area contributed by atoms with Gasteiger partial charge in [-0.15, -0.1) is 0 Å². The molecule has 0 aliphatic heterocycles. The maximum Gasteiger partial charge on any atom is 0.241 e. The maximum atomic E-state index is 11.7. The first-order chi connectivity index (χ1) is 8.93. The summed E-state index contributed by atoms with van der Waals surface area (Å²) in [5.41, 5.74) is 0.882. The van der Waals surface area contributed by atoms with Gasteiger partial charge in [0, 0.05) is 39.4 Å². The number of hydrogen-bond acceptors (Lipinski definition) is 5. The zero-order valence-electron chi connectivity index (χ0n) is 12.4. The fourth-order valence-corrected chi connectivity index (χ4v) is 1.49. The number of anilines is 2. The van der Waals surface area contributed by atoms with E-state index in [0.29, 0.717) is 12.5 Å². The summed E-state index contributed by atoms with van der Waals surface area (Å²) in [5.74, 6) is 1.41. The molecule has 0 aliphatic carbocycles. The first kappa shape index (κ1) is 15.2. The molecule has 1 amide bonds. The Labute approximate surface area is 114 Å². The molecule has 0 aliphatic rings. The molecule has 0 spiro atoms. The van der Waals surface area contributed by atoms with Crippen molar-refractivity contribution < 1.29 is 4.79 Å². The predicted molar refractivity (Wildman–Crippen MR) is 77.5 cm³/mol. The Kier molecular flexibility index (Phi) is 5.54. The molecule has 1 rings (SSSR count). The lowest BCUT2D eigenvalue weighted by molar-refractivity contribution is -0.127. The molecule has 106 valence electrons. The molecule has 1 N–H and O–H groups in total. The van der Waals surface area contributed by atoms with E-state index >= 15 is 0 Å². The van der Waals surface area contributed by atoms with E-state index in [-0.39, 0.29) is 5.91 Å². The van der Waals surface area contributed by atoms with Gasteiger partial charge in [0.05, 0.1) is 6.54 Å². The molecule has 0 fully saturated rings. The van der Waals surface area contributed by atoms with Crippen LogP contribution in [-0.4, -0.2) is 55.0 Å². The normalized spacial score (nSPS) is 10.2. The van der Waals surface area contributed by atoms with Crippen LogP contribution < -0.4 is 10.2 Å². The summed E-state index contributed by atoms with van der Waals surface area (Å²) in [6.45, 7) is 5.15. The molecule has 0 radical (unpaired) electrons. The second-order valence-corrected chi connectivity index (χ2v) is 4.76. The number of likely N-dealkylation sites (N-methyl/N-ethyl adjacent to an activating group) is 2. The average Bonchev–Trinajstić information content (AvgIpc) is 2.35. The van der Waals surface area contributed by atoms with Crippen LogP contribution in [0.3, 0.4) is 0 Å². The van der Waals surface area contributed by atoms with E-state index in [4.69, 9.17) is 0 Å². The SMILES string of the molecule is CCCNc1nc(C)cc(N(C)CC(=O)N(C)C)n1. The molecule has 19 heavy (non-hydrogen) atoms. The fraction of sp³-hybridized carbons (Fsp3) is 0.615. The van der Waals surface area contributed by atoms with E-state index in [1.165, 1.54) is 0 Å². The zero-order chi connectivity index (χ0) is 14.4. The van der Waals surface area contributed by atoms with Crippen molar-refractivity contribution in [2.45, 2.75) is 20.3 Å². The van der Waals surface area contributed by atoms with E-state index in [2.05, 4.69) is 22.2 Å². The highest BCUT2D eigenvalue weighted by Crippen LogP contribution is 2.13. The summed E-state index contributed by atoms with van der Waals surface area (Å²) in [7, 11) is 5.35. The summed E-state index contributed by atoms with van der Waals surface area (Å²) < 4.78 is 0. The van der Waals surface area contributed by atoms with Crippen LogP contribution >= 0.6 is 0 Å². The van der Waals surface area contributed by atoms with Crippen molar-refractivity contribution in [1.82, 2.24) is 14.9 Å². The van der Waals surface area contributed by atoms with Gasteiger partial charge in [-0.25, -0.2) is 4.98 Å². The molecule has 0 atom stereocenters. The van der Waals surface area contributed by atoms with Gasteiger partial charge in [-0.3, -0.25) is 4.79 Å². The Bertz CT molecular complexity index is 433. The number of rotatable bonds is 6. The largest absolute Gasteiger partial charge is 0.354 e. The fourth-order valence-electron chi connectivity index (χ4n) is 1.49. The maximum absolute atomic E-state index is 11.7. The smallest absolute Gasteiger partial charge is 0.241 e. The van der Waals surface area contributed by atoms with Gasteiger partial charge in [0.2, 0.25) is 11.9 Å². The lowest BCUT2D eigenvalue weighted by Gasteiger charge is -2.20. The summed E-state index contributed by atoms with van der Waals surface area (Å²) in [6, 6.07) is 1.88. The summed E-state index contributed by atoms with van der Waals surface area (Å²) >= 11 is 0. The van der Waals surface area contributed by atoms with Gasteiger partial charge in [0.25, 0.3) is 0 Å². The van der Waals surface area contributed by atoms with Crippen LogP contribution in [0.25, 0.3) is 0 Å². The minimum atomic E-state index is 0.0434. The Hall–Kier alpha value is -1.85. The minimum Gasteiger partial charge on any atom is -0.354 e. The van der Waals surface area contributed by atoms with Crippen LogP contribution in [0, 0.1) is 6.92 Å². The van der Waals surface area contributed by atoms with Crippen molar-refractivity contribution >= 4 is 17.7 Å². The second-order valence-electron chi connectivity index (χ2n) is 4.76. The summed E-state index contributed by atoms with van der Waals surface area (Å²) in [6.07, 6.45) is 1.02. The Morgan fingerprint density at radius 3 is 2.58 bits per heavy atom. The molecule has 1 aromatic rings. The van der Waals surface area contributed by atoms with E-state index in [1.807, 2.05) is 24.9 Å². The predicted octanol–water partition coefficient (Wildman–Crippen LogP) is 1.13. The molecule has 0 aromatic carbocycles. The minimum absolute atomic E-state index is 0.0434. The molecular weight excluding hydrogens is 242 g/mol. The van der Waals surface area contributed by atoms with Crippen LogP contribution in [0.5, 0.6) is 0 Å². The standard InChI is InChI=1S/C13H23N5O/c1-6-7-14-13-15-10(2)8-11(16-13)18(5)9-12(19)17(3)4/h8H,6-7,9H2,1-5H3,(H,14,15,16). The Morgan fingerprint density at radius 2 is 2.00 bits per heavy atom. The van der Waals surface area contributed by atoms with Crippen molar-refractivity contribution in [3.63, 3.8) is 0 Å². The number of carbonyl (C=O) groups excluding carboxylic acids is 1. The van der Waals surface area contributed by atoms with Crippen LogP contribution in [-0.2, 0) is 4.79 Å². The second kappa shape index (κ2) is 6.92. The molecule has 1 heterocycles. The number of aryl methyl sites for hydroxylation is 1. The van der Waals surface area contributed by atoms with E-state index < -0.39 is 0 Å². The number of aromatic nitrogens is 2. The third-order valence-electron chi connectivity index (χ3n) is 2.64. The highest BCUT2D eigenvalue weighted by molar-refractivity contribution is 5.80. The van der Waals surface area contributed by atoms with Gasteiger partial charge >= 0.3 is 0 Å². The molecule has 0 unspecified atom stereocenters. The van der Waals surface area contributed by atoms with Crippen LogP contribution in [0.1, 0.15) is 19.0 Å². The zero-order valence-corrected chi connectivity index (χ0v) is 12.4. The Morgan fingerprint density at radius 1 is 1.32 bits per heavy atom. The molecule has 0 saturated heterocycles. The van der Waals surface area contributed by atoms with Gasteiger partial charge in [-0.1, -0.05) is 6.92 Å². The monoisotopic (exact) mass is 265 g/mol. The van der Waals surface area contributed by atoms with Crippen molar-refractivity contribution in [2.75, 3.05) is 44.4 Å². The molecule has 0 saturated carbocycles. The number of nitrogens with zero attached hydrogens (tertiary/aromatic N) is 4. The third kappa shape index (κ3) is 4.73. The highest BCUT2D eigenvalue weighted by Gasteiger charge is 2.11. The van der Waals surface area contributed by atoms with Gasteiger partial charge in [0.15, 0.2) is 0 Å². The number of carbonyl (C=O) groups is 1. The number of nitrogens with one attached hydrogen (secondary N) is 1. The number of amides is 1. The molecular formula is C13H23N5O. The third-order valence-corrected chi connectivity index (χ3v) is 2.64. The molecule has 6 heteroatoms. The van der Waals surface area contributed by atoms with Gasteiger partial charge in [-0.05, 0) is 13.3 Å². The van der Waals surface area contributed by atoms with Gasteiger partial charge < -0.3 is 15.1 Å². The molecule has 6 nitrogen and oxygen atoms in total. The van der Waals surface area contributed by atoms with Crippen molar-refractivity contribution in [2.24, 2.45) is 0 Å². The first-order valence-corrected chi connectivity index (χ1v) is 6.45.